The molecule has 1 atom stereocenters. The molecule has 0 aliphatic carbocycles. The molecule has 1 amide bonds. The van der Waals surface area contributed by atoms with Crippen molar-refractivity contribution in [1.82, 2.24) is 0 Å². The topological polar surface area (TPSA) is 46.6 Å². The van der Waals surface area contributed by atoms with Gasteiger partial charge in [-0.15, -0.1) is 0 Å². The van der Waals surface area contributed by atoms with Gasteiger partial charge in [-0.3, -0.25) is 9.59 Å². The highest BCUT2D eigenvalue weighted by Crippen LogP contribution is 2.35. The van der Waals surface area contributed by atoms with Crippen LogP contribution < -0.4 is 9.64 Å². The third-order valence-corrected chi connectivity index (χ3v) is 3.04. The van der Waals surface area contributed by atoms with Gasteiger partial charge in [0, 0.05) is 12.1 Å². The minimum atomic E-state index is -0.411. The zero-order valence-electron chi connectivity index (χ0n) is 10.7. The molecule has 0 spiro atoms. The predicted octanol–water partition coefficient (Wildman–Crippen LogP) is 2.41. The van der Waals surface area contributed by atoms with Crippen LogP contribution in [0.5, 0.6) is 5.75 Å². The number of hydrogen-bond donors (Lipinski definition) is 0. The monoisotopic (exact) mass is 247 g/mol. The number of carbonyl (C=O) groups excluding carboxylic acids is 2. The maximum absolute atomic E-state index is 12.2. The smallest absolute Gasteiger partial charge is 0.268 e. The van der Waals surface area contributed by atoms with Crippen molar-refractivity contribution in [2.45, 2.75) is 32.8 Å². The molecule has 1 aliphatic rings. The molecule has 0 radical (unpaired) electrons. The van der Waals surface area contributed by atoms with E-state index in [1.807, 2.05) is 13.8 Å². The molecule has 18 heavy (non-hydrogen) atoms. The van der Waals surface area contributed by atoms with Crippen LogP contribution in [0.3, 0.4) is 0 Å². The van der Waals surface area contributed by atoms with Gasteiger partial charge in [0.1, 0.15) is 12.0 Å². The van der Waals surface area contributed by atoms with E-state index in [1.54, 1.807) is 23.1 Å². The number of anilines is 1. The molecule has 0 saturated carbocycles. The van der Waals surface area contributed by atoms with E-state index in [-0.39, 0.29) is 5.91 Å². The number of amides is 1. The Bertz CT molecular complexity index is 470. The first-order valence-corrected chi connectivity index (χ1v) is 6.28. The Hall–Kier alpha value is -1.84. The van der Waals surface area contributed by atoms with Gasteiger partial charge < -0.3 is 9.64 Å². The molecule has 4 heteroatoms. The number of hydrogen-bond acceptors (Lipinski definition) is 3. The number of rotatable bonds is 4. The van der Waals surface area contributed by atoms with Crippen molar-refractivity contribution in [1.29, 1.82) is 0 Å². The van der Waals surface area contributed by atoms with Crippen LogP contribution in [-0.4, -0.2) is 24.8 Å². The highest BCUT2D eigenvalue weighted by atomic mass is 16.5. The van der Waals surface area contributed by atoms with Crippen LogP contribution in [0.4, 0.5) is 5.69 Å². The van der Waals surface area contributed by atoms with E-state index in [4.69, 9.17) is 4.74 Å². The number of carbonyl (C=O) groups is 2. The second-order valence-corrected chi connectivity index (χ2v) is 4.35. The minimum Gasteiger partial charge on any atom is -0.478 e. The minimum absolute atomic E-state index is 0.0186. The number of benzene rings is 1. The van der Waals surface area contributed by atoms with Gasteiger partial charge >= 0.3 is 0 Å². The predicted molar refractivity (Wildman–Crippen MR) is 69.2 cm³/mol. The van der Waals surface area contributed by atoms with Crippen LogP contribution in [-0.2, 0) is 4.79 Å². The molecule has 96 valence electrons. The highest BCUT2D eigenvalue weighted by Gasteiger charge is 2.32. The van der Waals surface area contributed by atoms with Gasteiger partial charge in [0.2, 0.25) is 0 Å². The fourth-order valence-corrected chi connectivity index (χ4v) is 2.13. The molecule has 0 saturated heterocycles. The lowest BCUT2D eigenvalue weighted by molar-refractivity contribution is -0.126. The van der Waals surface area contributed by atoms with Crippen LogP contribution >= 0.6 is 0 Å². The van der Waals surface area contributed by atoms with Crippen LogP contribution in [0.25, 0.3) is 0 Å². The Balaban J connectivity index is 2.45. The van der Waals surface area contributed by atoms with Gasteiger partial charge in [-0.05, 0) is 31.0 Å². The molecule has 1 unspecified atom stereocenters. The van der Waals surface area contributed by atoms with Crippen molar-refractivity contribution in [2.75, 3.05) is 11.4 Å². The molecule has 0 N–H and O–H groups in total. The highest BCUT2D eigenvalue weighted by molar-refractivity contribution is 6.00. The maximum Gasteiger partial charge on any atom is 0.268 e. The van der Waals surface area contributed by atoms with Gasteiger partial charge in [0.25, 0.3) is 5.91 Å². The molecule has 0 fully saturated rings. The van der Waals surface area contributed by atoms with Gasteiger partial charge in [-0.25, -0.2) is 0 Å². The normalized spacial score (nSPS) is 18.2. The summed E-state index contributed by atoms with van der Waals surface area (Å²) < 4.78 is 5.66. The Labute approximate surface area is 107 Å². The summed E-state index contributed by atoms with van der Waals surface area (Å²) in [4.78, 5) is 24.8. The summed E-state index contributed by atoms with van der Waals surface area (Å²) in [6, 6.07) is 5.18. The van der Waals surface area contributed by atoms with Crippen LogP contribution in [0, 0.1) is 0 Å². The van der Waals surface area contributed by atoms with Crippen LogP contribution in [0.2, 0.25) is 0 Å². The summed E-state index contributed by atoms with van der Waals surface area (Å²) in [5.41, 5.74) is 1.26. The molecule has 1 aliphatic heterocycles. The van der Waals surface area contributed by atoms with E-state index in [9.17, 15) is 9.59 Å². The Morgan fingerprint density at radius 1 is 1.39 bits per heavy atom. The van der Waals surface area contributed by atoms with Crippen molar-refractivity contribution in [3.8, 4) is 5.75 Å². The standard InChI is InChI=1S/C14H17NO3/c1-3-7-15-11-8-10(9-16)5-6-13(11)18-12(4-2)14(15)17/h5-6,8-9,12H,3-4,7H2,1-2H3. The summed E-state index contributed by atoms with van der Waals surface area (Å²) in [6.07, 6.45) is 1.88. The van der Waals surface area contributed by atoms with E-state index in [2.05, 4.69) is 0 Å². The number of ether oxygens (including phenoxy) is 1. The first-order chi connectivity index (χ1) is 8.71. The summed E-state index contributed by atoms with van der Waals surface area (Å²) in [5.74, 6) is 0.662. The molecule has 1 aromatic rings. The fraction of sp³-hybridized carbons (Fsp3) is 0.429. The van der Waals surface area contributed by atoms with E-state index >= 15 is 0 Å². The lowest BCUT2D eigenvalue weighted by atomic mass is 10.1. The average molecular weight is 247 g/mol. The Morgan fingerprint density at radius 2 is 2.17 bits per heavy atom. The van der Waals surface area contributed by atoms with Crippen molar-refractivity contribution in [3.63, 3.8) is 0 Å². The van der Waals surface area contributed by atoms with Crippen molar-refractivity contribution >= 4 is 17.9 Å². The molecule has 1 heterocycles. The van der Waals surface area contributed by atoms with Crippen molar-refractivity contribution in [3.05, 3.63) is 23.8 Å². The summed E-state index contributed by atoms with van der Waals surface area (Å²) in [7, 11) is 0. The summed E-state index contributed by atoms with van der Waals surface area (Å²) in [5, 5.41) is 0. The molecular weight excluding hydrogens is 230 g/mol. The largest absolute Gasteiger partial charge is 0.478 e. The SMILES string of the molecule is CCCN1C(=O)C(CC)Oc2ccc(C=O)cc21. The van der Waals surface area contributed by atoms with E-state index in [0.717, 1.165) is 12.7 Å². The van der Waals surface area contributed by atoms with Crippen molar-refractivity contribution in [2.24, 2.45) is 0 Å². The molecule has 1 aromatic carbocycles. The number of aldehydes is 1. The van der Waals surface area contributed by atoms with E-state index < -0.39 is 6.10 Å². The lowest BCUT2D eigenvalue weighted by Crippen LogP contribution is -2.46. The zero-order chi connectivity index (χ0) is 13.1. The maximum atomic E-state index is 12.2. The van der Waals surface area contributed by atoms with Gasteiger partial charge in [-0.1, -0.05) is 13.8 Å². The van der Waals surface area contributed by atoms with Gasteiger partial charge in [0.15, 0.2) is 6.10 Å². The Morgan fingerprint density at radius 3 is 2.78 bits per heavy atom. The molecular formula is C14H17NO3. The fourth-order valence-electron chi connectivity index (χ4n) is 2.13. The zero-order valence-corrected chi connectivity index (χ0v) is 10.7. The average Bonchev–Trinajstić information content (AvgIpc) is 2.41. The van der Waals surface area contributed by atoms with Crippen molar-refractivity contribution < 1.29 is 14.3 Å². The van der Waals surface area contributed by atoms with Gasteiger partial charge in [0.05, 0.1) is 5.69 Å². The Kier molecular flexibility index (Phi) is 3.65. The van der Waals surface area contributed by atoms with Gasteiger partial charge in [-0.2, -0.15) is 0 Å². The van der Waals surface area contributed by atoms with Crippen LogP contribution in [0.1, 0.15) is 37.0 Å². The number of fused-ring (bicyclic) bond motifs is 1. The number of nitrogens with zero attached hydrogens (tertiary/aromatic N) is 1. The lowest BCUT2D eigenvalue weighted by Gasteiger charge is -2.34. The first-order valence-electron chi connectivity index (χ1n) is 6.28. The third-order valence-electron chi connectivity index (χ3n) is 3.04. The molecule has 4 nitrogen and oxygen atoms in total. The van der Waals surface area contributed by atoms with E-state index in [1.165, 1.54) is 0 Å². The molecule has 0 aromatic heterocycles. The molecule has 0 bridgehead atoms. The summed E-state index contributed by atoms with van der Waals surface area (Å²) in [6.45, 7) is 4.60. The second kappa shape index (κ2) is 5.21. The first kappa shape index (κ1) is 12.6. The second-order valence-electron chi connectivity index (χ2n) is 4.35. The summed E-state index contributed by atoms with van der Waals surface area (Å²) >= 11 is 0. The quantitative estimate of drug-likeness (QED) is 0.768. The molecule has 2 rings (SSSR count). The third kappa shape index (κ3) is 2.10. The van der Waals surface area contributed by atoms with Crippen LogP contribution in [0.15, 0.2) is 18.2 Å². The van der Waals surface area contributed by atoms with E-state index in [0.29, 0.717) is 30.0 Å².